The van der Waals surface area contributed by atoms with Gasteiger partial charge in [0.25, 0.3) is 0 Å². The molecule has 0 amide bonds. The van der Waals surface area contributed by atoms with Gasteiger partial charge >= 0.3 is 5.97 Å². The molecule has 3 atom stereocenters. The van der Waals surface area contributed by atoms with Gasteiger partial charge in [0.1, 0.15) is 11.8 Å². The van der Waals surface area contributed by atoms with E-state index in [1.807, 2.05) is 0 Å². The number of oxime groups is 1. The van der Waals surface area contributed by atoms with Crippen molar-refractivity contribution in [1.82, 2.24) is 0 Å². The van der Waals surface area contributed by atoms with Crippen LogP contribution in [0, 0.1) is 0 Å². The lowest BCUT2D eigenvalue weighted by Gasteiger charge is -2.13. The number of rotatable bonds is 2. The van der Waals surface area contributed by atoms with Gasteiger partial charge < -0.3 is 25.3 Å². The Hall–Kier alpha value is -1.18. The van der Waals surface area contributed by atoms with Crippen molar-refractivity contribution in [3.05, 3.63) is 0 Å². The Kier molecular flexibility index (Phi) is 2.81. The summed E-state index contributed by atoms with van der Waals surface area (Å²) in [5.41, 5.74) is -0.397. The van der Waals surface area contributed by atoms with E-state index in [1.54, 1.807) is 0 Å². The van der Waals surface area contributed by atoms with Gasteiger partial charge in [-0.05, 0) is 0 Å². The molecule has 0 aromatic rings. The standard InChI is InChI=1S/C6H9NO6/c8-1-2(9)5-3(7-12)4(10)6(11)13-5/h2,4-5,8-10,12H,1H2/b7-3+. The lowest BCUT2D eigenvalue weighted by molar-refractivity contribution is -0.151. The van der Waals surface area contributed by atoms with Gasteiger partial charge in [0.05, 0.1) is 6.61 Å². The number of nitrogens with zero attached hydrogens (tertiary/aromatic N) is 1. The highest BCUT2D eigenvalue weighted by atomic mass is 16.6. The predicted octanol–water partition coefficient (Wildman–Crippen LogP) is -2.54. The number of carbonyl (C=O) groups excluding carboxylic acids is 1. The van der Waals surface area contributed by atoms with Crippen molar-refractivity contribution in [2.75, 3.05) is 6.61 Å². The van der Waals surface area contributed by atoms with Crippen LogP contribution in [-0.2, 0) is 9.53 Å². The summed E-state index contributed by atoms with van der Waals surface area (Å²) in [6.07, 6.45) is -4.35. The average Bonchev–Trinajstić information content (AvgIpc) is 2.42. The molecule has 1 heterocycles. The van der Waals surface area contributed by atoms with Crippen molar-refractivity contribution >= 4 is 11.7 Å². The lowest BCUT2D eigenvalue weighted by Crippen LogP contribution is -2.36. The molecule has 74 valence electrons. The second-order valence-electron chi connectivity index (χ2n) is 2.53. The van der Waals surface area contributed by atoms with Crippen LogP contribution in [0.1, 0.15) is 0 Å². The largest absolute Gasteiger partial charge is 0.451 e. The monoisotopic (exact) mass is 191 g/mol. The molecule has 4 N–H and O–H groups in total. The fraction of sp³-hybridized carbons (Fsp3) is 0.667. The van der Waals surface area contributed by atoms with E-state index in [-0.39, 0.29) is 0 Å². The minimum Gasteiger partial charge on any atom is -0.451 e. The highest BCUT2D eigenvalue weighted by molar-refractivity contribution is 6.12. The molecule has 7 nitrogen and oxygen atoms in total. The number of hydrogen-bond acceptors (Lipinski definition) is 7. The van der Waals surface area contributed by atoms with Gasteiger partial charge in [-0.1, -0.05) is 5.16 Å². The number of ether oxygens (including phenoxy) is 1. The maximum absolute atomic E-state index is 10.7. The number of aliphatic hydroxyl groups excluding tert-OH is 3. The number of cyclic esters (lactones) is 1. The summed E-state index contributed by atoms with van der Waals surface area (Å²) >= 11 is 0. The summed E-state index contributed by atoms with van der Waals surface area (Å²) in [6, 6.07) is 0. The van der Waals surface area contributed by atoms with Crippen LogP contribution in [0.5, 0.6) is 0 Å². The fourth-order valence-electron chi connectivity index (χ4n) is 1.01. The van der Waals surface area contributed by atoms with Gasteiger partial charge in [-0.25, -0.2) is 4.79 Å². The first kappa shape index (κ1) is 9.90. The first-order valence-corrected chi connectivity index (χ1v) is 3.51. The third kappa shape index (κ3) is 1.62. The molecule has 0 aromatic carbocycles. The summed E-state index contributed by atoms with van der Waals surface area (Å²) in [6.45, 7) is -0.663. The van der Waals surface area contributed by atoms with Gasteiger partial charge in [-0.15, -0.1) is 0 Å². The van der Waals surface area contributed by atoms with E-state index in [0.717, 1.165) is 0 Å². The third-order valence-corrected chi connectivity index (χ3v) is 1.69. The van der Waals surface area contributed by atoms with Gasteiger partial charge in [0, 0.05) is 0 Å². The summed E-state index contributed by atoms with van der Waals surface area (Å²) in [5.74, 6) is -1.01. The van der Waals surface area contributed by atoms with Crippen LogP contribution in [-0.4, -0.2) is 57.1 Å². The van der Waals surface area contributed by atoms with Crippen LogP contribution < -0.4 is 0 Å². The first-order valence-electron chi connectivity index (χ1n) is 3.51. The van der Waals surface area contributed by atoms with E-state index in [2.05, 4.69) is 9.89 Å². The molecule has 1 fully saturated rings. The molecule has 1 aliphatic heterocycles. The van der Waals surface area contributed by atoms with Crippen molar-refractivity contribution < 1.29 is 30.1 Å². The van der Waals surface area contributed by atoms with E-state index in [4.69, 9.17) is 20.5 Å². The van der Waals surface area contributed by atoms with Crippen molar-refractivity contribution in [2.24, 2.45) is 5.16 Å². The van der Waals surface area contributed by atoms with E-state index in [1.165, 1.54) is 0 Å². The molecule has 1 rings (SSSR count). The van der Waals surface area contributed by atoms with E-state index < -0.39 is 36.6 Å². The zero-order chi connectivity index (χ0) is 10.0. The smallest absolute Gasteiger partial charge is 0.341 e. The molecule has 0 radical (unpaired) electrons. The van der Waals surface area contributed by atoms with Gasteiger partial charge in [-0.2, -0.15) is 0 Å². The lowest BCUT2D eigenvalue weighted by atomic mass is 10.1. The molecule has 7 heteroatoms. The van der Waals surface area contributed by atoms with Crippen LogP contribution in [0.4, 0.5) is 0 Å². The Morgan fingerprint density at radius 1 is 1.62 bits per heavy atom. The molecule has 0 saturated carbocycles. The number of hydrogen-bond donors (Lipinski definition) is 4. The molecule has 0 aromatic heterocycles. The fourth-order valence-corrected chi connectivity index (χ4v) is 1.01. The highest BCUT2D eigenvalue weighted by Gasteiger charge is 2.44. The van der Waals surface area contributed by atoms with E-state index in [0.29, 0.717) is 0 Å². The first-order chi connectivity index (χ1) is 6.11. The van der Waals surface area contributed by atoms with Crippen molar-refractivity contribution in [3.63, 3.8) is 0 Å². The zero-order valence-corrected chi connectivity index (χ0v) is 6.49. The zero-order valence-electron chi connectivity index (χ0n) is 6.49. The Bertz CT molecular complexity index is 239. The summed E-state index contributed by atoms with van der Waals surface area (Å²) in [5, 5.41) is 37.6. The van der Waals surface area contributed by atoms with E-state index >= 15 is 0 Å². The topological polar surface area (TPSA) is 120 Å². The molecule has 1 saturated heterocycles. The van der Waals surface area contributed by atoms with Crippen molar-refractivity contribution in [1.29, 1.82) is 0 Å². The maximum Gasteiger partial charge on any atom is 0.341 e. The average molecular weight is 191 g/mol. The molecule has 1 aliphatic rings. The second-order valence-corrected chi connectivity index (χ2v) is 2.53. The predicted molar refractivity (Wildman–Crippen MR) is 38.2 cm³/mol. The summed E-state index contributed by atoms with van der Waals surface area (Å²) in [4.78, 5) is 10.7. The van der Waals surface area contributed by atoms with Gasteiger partial charge in [0.2, 0.25) is 0 Å². The van der Waals surface area contributed by atoms with Crippen LogP contribution >= 0.6 is 0 Å². The number of carbonyl (C=O) groups is 1. The summed E-state index contributed by atoms with van der Waals surface area (Å²) in [7, 11) is 0. The van der Waals surface area contributed by atoms with Crippen molar-refractivity contribution in [2.45, 2.75) is 18.3 Å². The molecule has 0 aliphatic carbocycles. The molecule has 0 bridgehead atoms. The molecule has 13 heavy (non-hydrogen) atoms. The third-order valence-electron chi connectivity index (χ3n) is 1.69. The molecule has 0 spiro atoms. The SMILES string of the molecule is O=C1OC(C(O)CO)/C(=N/O)C1O. The normalized spacial score (nSPS) is 33.5. The minimum atomic E-state index is -1.67. The highest BCUT2D eigenvalue weighted by Crippen LogP contribution is 2.15. The van der Waals surface area contributed by atoms with Crippen LogP contribution in [0.25, 0.3) is 0 Å². The Labute approximate surface area is 72.9 Å². The minimum absolute atomic E-state index is 0.397. The van der Waals surface area contributed by atoms with Crippen LogP contribution in [0.2, 0.25) is 0 Å². The van der Waals surface area contributed by atoms with Crippen LogP contribution in [0.15, 0.2) is 5.16 Å². The Morgan fingerprint density at radius 3 is 2.69 bits per heavy atom. The summed E-state index contributed by atoms with van der Waals surface area (Å²) < 4.78 is 4.44. The van der Waals surface area contributed by atoms with Crippen molar-refractivity contribution in [3.8, 4) is 0 Å². The molecule has 3 unspecified atom stereocenters. The maximum atomic E-state index is 10.7. The van der Waals surface area contributed by atoms with Crippen LogP contribution in [0.3, 0.4) is 0 Å². The Balaban J connectivity index is 2.83. The second kappa shape index (κ2) is 3.69. The van der Waals surface area contributed by atoms with E-state index in [9.17, 15) is 4.79 Å². The quantitative estimate of drug-likeness (QED) is 0.217. The number of aliphatic hydroxyl groups is 3. The van der Waals surface area contributed by atoms with Gasteiger partial charge in [0.15, 0.2) is 12.2 Å². The molecular formula is C6H9NO6. The Morgan fingerprint density at radius 2 is 2.23 bits per heavy atom. The molecular weight excluding hydrogens is 182 g/mol. The van der Waals surface area contributed by atoms with Gasteiger partial charge in [-0.3, -0.25) is 0 Å². The number of esters is 1.